The molecule has 308 valence electrons. The van der Waals surface area contributed by atoms with Crippen molar-refractivity contribution in [2.45, 2.75) is 0 Å². The predicted molar refractivity (Wildman–Crippen MR) is 284 cm³/mol. The smallest absolute Gasteiger partial charge is 0.0540 e. The van der Waals surface area contributed by atoms with E-state index in [-0.39, 0.29) is 0 Å². The van der Waals surface area contributed by atoms with E-state index in [1.54, 1.807) is 0 Å². The third kappa shape index (κ3) is 5.68. The summed E-state index contributed by atoms with van der Waals surface area (Å²) < 4.78 is 0. The molecule has 0 heterocycles. The van der Waals surface area contributed by atoms with Crippen molar-refractivity contribution in [3.63, 3.8) is 0 Å². The Balaban J connectivity index is 1.19. The third-order valence-corrected chi connectivity index (χ3v) is 13.6. The number of benzene rings is 11. The minimum atomic E-state index is 1.09. The van der Waals surface area contributed by atoms with Gasteiger partial charge in [-0.3, -0.25) is 0 Å². The van der Waals surface area contributed by atoms with Gasteiger partial charge >= 0.3 is 0 Å². The van der Waals surface area contributed by atoms with E-state index in [2.05, 4.69) is 253 Å². The molecule has 13 aromatic rings. The highest BCUT2D eigenvalue weighted by molar-refractivity contribution is 6.47. The molecule has 13 aromatic carbocycles. The normalized spacial score (nSPS) is 11.7. The molecule has 0 aliphatic carbocycles. The maximum atomic E-state index is 4.03. The Morgan fingerprint density at radius 1 is 0.258 bits per heavy atom. The molecule has 0 fully saturated rings. The van der Waals surface area contributed by atoms with Crippen LogP contribution in [0.3, 0.4) is 0 Å². The molecule has 0 saturated heterocycles. The van der Waals surface area contributed by atoms with Crippen LogP contribution in [0.1, 0.15) is 5.56 Å². The maximum Gasteiger partial charge on any atom is 0.0540 e. The molecule has 0 atom stereocenters. The molecular weight excluding hydrogens is 797 g/mol. The van der Waals surface area contributed by atoms with Crippen LogP contribution in [-0.4, -0.2) is 0 Å². The molecular formula is C64H42N2. The summed E-state index contributed by atoms with van der Waals surface area (Å²) in [6, 6.07) is 86.6. The quantitative estimate of drug-likeness (QED) is 0.143. The standard InChI is InChI=1S/C64H42N2/c1-2-42-34-36-48(37-35-42)66(47-28-16-7-17-29-47)56-41-39-54-60-50(56)31-19-33-52(60)62-57(43-20-8-3-9-21-43)61-51-32-18-30-49-55(65(45-24-12-5-13-25-45)46-26-14-6-15-27-46)40-38-53(59(49)51)63(61)58(64(54)62)44-22-10-4-11-23-44/h2-41H,1H2. The lowest BCUT2D eigenvalue weighted by atomic mass is 9.87. The Morgan fingerprint density at radius 2 is 0.576 bits per heavy atom. The van der Waals surface area contributed by atoms with E-state index in [1.165, 1.54) is 86.9 Å². The van der Waals surface area contributed by atoms with Gasteiger partial charge in [0.1, 0.15) is 0 Å². The number of hydrogen-bond acceptors (Lipinski definition) is 2. The molecule has 0 N–H and O–H groups in total. The highest BCUT2D eigenvalue weighted by Gasteiger charge is 2.29. The van der Waals surface area contributed by atoms with Crippen LogP contribution in [0.15, 0.2) is 243 Å². The summed E-state index contributed by atoms with van der Waals surface area (Å²) in [5, 5.41) is 15.2. The molecule has 0 bridgehead atoms. The molecule has 0 saturated carbocycles. The lowest BCUT2D eigenvalue weighted by molar-refractivity contribution is 1.30. The van der Waals surface area contributed by atoms with Crippen molar-refractivity contribution >= 4 is 105 Å². The van der Waals surface area contributed by atoms with Gasteiger partial charge in [-0.1, -0.05) is 189 Å². The molecule has 0 aliphatic rings. The van der Waals surface area contributed by atoms with E-state index in [1.807, 2.05) is 6.08 Å². The molecule has 0 amide bonds. The number of rotatable bonds is 9. The average molecular weight is 839 g/mol. The Kier molecular flexibility index (Phi) is 8.72. The van der Waals surface area contributed by atoms with Crippen LogP contribution in [0.4, 0.5) is 34.1 Å². The van der Waals surface area contributed by atoms with Crippen LogP contribution in [0.5, 0.6) is 0 Å². The van der Waals surface area contributed by atoms with Crippen molar-refractivity contribution < 1.29 is 0 Å². The van der Waals surface area contributed by atoms with Crippen molar-refractivity contribution in [3.8, 4) is 22.3 Å². The van der Waals surface area contributed by atoms with E-state index in [4.69, 9.17) is 0 Å². The van der Waals surface area contributed by atoms with Crippen LogP contribution in [0, 0.1) is 0 Å². The van der Waals surface area contributed by atoms with Gasteiger partial charge in [-0.15, -0.1) is 0 Å². The monoisotopic (exact) mass is 838 g/mol. The summed E-state index contributed by atoms with van der Waals surface area (Å²) >= 11 is 0. The van der Waals surface area contributed by atoms with E-state index in [9.17, 15) is 0 Å². The van der Waals surface area contributed by atoms with Crippen molar-refractivity contribution in [2.24, 2.45) is 0 Å². The number of fused-ring (bicyclic) bond motifs is 6. The highest BCUT2D eigenvalue weighted by Crippen LogP contribution is 2.57. The Bertz CT molecular complexity index is 3770. The lowest BCUT2D eigenvalue weighted by Crippen LogP contribution is -2.10. The van der Waals surface area contributed by atoms with Crippen molar-refractivity contribution in [3.05, 3.63) is 249 Å². The van der Waals surface area contributed by atoms with Crippen LogP contribution in [-0.2, 0) is 0 Å². The molecule has 0 aliphatic heterocycles. The zero-order valence-electron chi connectivity index (χ0n) is 36.2. The van der Waals surface area contributed by atoms with Gasteiger partial charge in [0, 0.05) is 33.5 Å². The zero-order valence-corrected chi connectivity index (χ0v) is 36.2. The highest BCUT2D eigenvalue weighted by atomic mass is 15.1. The molecule has 0 radical (unpaired) electrons. The summed E-state index contributed by atoms with van der Waals surface area (Å²) in [5.41, 5.74) is 12.8. The van der Waals surface area contributed by atoms with Crippen LogP contribution >= 0.6 is 0 Å². The minimum Gasteiger partial charge on any atom is -0.310 e. The molecule has 13 rings (SSSR count). The van der Waals surface area contributed by atoms with E-state index in [0.29, 0.717) is 0 Å². The average Bonchev–Trinajstić information content (AvgIpc) is 3.90. The summed E-state index contributed by atoms with van der Waals surface area (Å²) in [6.45, 7) is 4.03. The van der Waals surface area contributed by atoms with Crippen molar-refractivity contribution in [1.82, 2.24) is 0 Å². The topological polar surface area (TPSA) is 6.48 Å². The first-order chi connectivity index (χ1) is 32.8. The number of para-hydroxylation sites is 3. The second-order valence-electron chi connectivity index (χ2n) is 17.2. The molecule has 2 heteroatoms. The minimum absolute atomic E-state index is 1.09. The van der Waals surface area contributed by atoms with E-state index < -0.39 is 0 Å². The maximum absolute atomic E-state index is 4.03. The zero-order chi connectivity index (χ0) is 43.7. The summed E-state index contributed by atoms with van der Waals surface area (Å²) in [6.07, 6.45) is 1.90. The molecule has 2 nitrogen and oxygen atoms in total. The fourth-order valence-corrected chi connectivity index (χ4v) is 11.0. The van der Waals surface area contributed by atoms with Gasteiger partial charge in [-0.05, 0) is 142 Å². The molecule has 0 unspecified atom stereocenters. The second-order valence-corrected chi connectivity index (χ2v) is 17.2. The summed E-state index contributed by atoms with van der Waals surface area (Å²) in [7, 11) is 0. The van der Waals surface area contributed by atoms with Gasteiger partial charge in [-0.2, -0.15) is 0 Å². The van der Waals surface area contributed by atoms with Crippen LogP contribution < -0.4 is 9.80 Å². The summed E-state index contributed by atoms with van der Waals surface area (Å²) in [5.74, 6) is 0. The first-order valence-electron chi connectivity index (χ1n) is 22.7. The van der Waals surface area contributed by atoms with Gasteiger partial charge in [0.2, 0.25) is 0 Å². The third-order valence-electron chi connectivity index (χ3n) is 13.6. The van der Waals surface area contributed by atoms with Crippen molar-refractivity contribution in [1.29, 1.82) is 0 Å². The number of nitrogens with zero attached hydrogens (tertiary/aromatic N) is 2. The summed E-state index contributed by atoms with van der Waals surface area (Å²) in [4.78, 5) is 4.81. The molecule has 0 aromatic heterocycles. The second kappa shape index (κ2) is 15.2. The Labute approximate surface area is 383 Å². The van der Waals surface area contributed by atoms with Crippen LogP contribution in [0.2, 0.25) is 0 Å². The van der Waals surface area contributed by atoms with E-state index in [0.717, 1.165) is 39.7 Å². The van der Waals surface area contributed by atoms with Crippen molar-refractivity contribution in [2.75, 3.05) is 9.80 Å². The van der Waals surface area contributed by atoms with Gasteiger partial charge in [0.05, 0.1) is 11.4 Å². The largest absolute Gasteiger partial charge is 0.310 e. The van der Waals surface area contributed by atoms with Gasteiger partial charge in [0.25, 0.3) is 0 Å². The number of hydrogen-bond donors (Lipinski definition) is 0. The number of anilines is 6. The SMILES string of the molecule is C=Cc1ccc(N(c2ccccc2)c2ccc3c4c(-c5ccccc5)c5c6ccc(N(c7ccccc7)c7ccccc7)c7cccc(c5c(-c5ccccc5)c4c4cccc2c43)c76)cc1. The first-order valence-corrected chi connectivity index (χ1v) is 22.7. The van der Waals surface area contributed by atoms with Crippen LogP contribution in [0.25, 0.3) is 93.0 Å². The predicted octanol–water partition coefficient (Wildman–Crippen LogP) is 18.4. The first kappa shape index (κ1) is 37.8. The fourth-order valence-electron chi connectivity index (χ4n) is 11.0. The van der Waals surface area contributed by atoms with Gasteiger partial charge < -0.3 is 9.80 Å². The van der Waals surface area contributed by atoms with Gasteiger partial charge in [-0.25, -0.2) is 0 Å². The fraction of sp³-hybridized carbons (Fsp3) is 0. The molecule has 0 spiro atoms. The molecule has 66 heavy (non-hydrogen) atoms. The Morgan fingerprint density at radius 3 is 0.939 bits per heavy atom. The van der Waals surface area contributed by atoms with Gasteiger partial charge in [0.15, 0.2) is 0 Å². The lowest BCUT2D eigenvalue weighted by Gasteiger charge is -2.27. The Hall–Kier alpha value is -8.72. The van der Waals surface area contributed by atoms with E-state index >= 15 is 0 Å².